The third-order valence-corrected chi connectivity index (χ3v) is 7.28. The lowest BCUT2D eigenvalue weighted by Gasteiger charge is -2.37. The lowest BCUT2D eigenvalue weighted by atomic mass is 9.85. The van der Waals surface area contributed by atoms with Gasteiger partial charge in [-0.15, -0.1) is 0 Å². The number of halogens is 3. The summed E-state index contributed by atoms with van der Waals surface area (Å²) >= 11 is 13.3. The summed E-state index contributed by atoms with van der Waals surface area (Å²) in [6.45, 7) is 7.17. The van der Waals surface area contributed by atoms with Crippen molar-refractivity contribution in [1.82, 2.24) is 9.80 Å². The van der Waals surface area contributed by atoms with Crippen LogP contribution in [-0.4, -0.2) is 62.0 Å². The molecule has 0 aromatic heterocycles. The normalized spacial score (nSPS) is 21.9. The van der Waals surface area contributed by atoms with Crippen molar-refractivity contribution in [2.75, 3.05) is 51.2 Å². The third kappa shape index (κ3) is 5.93. The first-order valence-electron chi connectivity index (χ1n) is 11.8. The first-order chi connectivity index (χ1) is 16.3. The van der Waals surface area contributed by atoms with Gasteiger partial charge < -0.3 is 9.80 Å². The second-order valence-corrected chi connectivity index (χ2v) is 10.2. The second-order valence-electron chi connectivity index (χ2n) is 9.42. The molecule has 0 radical (unpaired) electrons. The largest absolute Gasteiger partial charge is 0.309 e. The zero-order valence-corrected chi connectivity index (χ0v) is 21.2. The molecule has 2 aliphatic rings. The van der Waals surface area contributed by atoms with Gasteiger partial charge in [-0.05, 0) is 49.6 Å². The van der Waals surface area contributed by atoms with Gasteiger partial charge in [-0.25, -0.2) is 4.39 Å². The van der Waals surface area contributed by atoms with Crippen LogP contribution in [0.2, 0.25) is 10.0 Å². The fourth-order valence-electron chi connectivity index (χ4n) is 4.77. The zero-order chi connectivity index (χ0) is 24.2. The van der Waals surface area contributed by atoms with Gasteiger partial charge in [0.05, 0.1) is 22.3 Å². The quantitative estimate of drug-likeness (QED) is 0.553. The van der Waals surface area contributed by atoms with Crippen LogP contribution in [0.1, 0.15) is 24.5 Å². The summed E-state index contributed by atoms with van der Waals surface area (Å²) in [4.78, 5) is 19.4. The molecule has 4 nitrogen and oxygen atoms in total. The Kier molecular flexibility index (Phi) is 8.16. The Morgan fingerprint density at radius 1 is 1.09 bits per heavy atom. The molecule has 0 N–H and O–H groups in total. The number of nitrogens with zero attached hydrogens (tertiary/aromatic N) is 3. The van der Waals surface area contributed by atoms with E-state index in [0.717, 1.165) is 31.7 Å². The molecule has 4 rings (SSSR count). The Bertz CT molecular complexity index is 1080. The smallest absolute Gasteiger partial charge is 0.229 e. The predicted octanol–water partition coefficient (Wildman–Crippen LogP) is 4.96. The maximum Gasteiger partial charge on any atom is 0.229 e. The van der Waals surface area contributed by atoms with Gasteiger partial charge in [0.15, 0.2) is 0 Å². The molecule has 2 aliphatic heterocycles. The average molecular weight is 502 g/mol. The van der Waals surface area contributed by atoms with Crippen LogP contribution in [0.5, 0.6) is 0 Å². The molecule has 180 valence electrons. The van der Waals surface area contributed by atoms with Crippen LogP contribution in [0.25, 0.3) is 0 Å². The molecule has 2 atom stereocenters. The van der Waals surface area contributed by atoms with Crippen molar-refractivity contribution in [3.63, 3.8) is 0 Å². The van der Waals surface area contributed by atoms with Crippen LogP contribution < -0.4 is 4.90 Å². The van der Waals surface area contributed by atoms with Crippen molar-refractivity contribution in [2.45, 2.75) is 19.8 Å². The standard InChI is InChI=1S/C27H30Cl2FN3O/c1-19-14-21(15-22-7-3-4-8-25(22)30)18-33(27(19)34)26-23(28)16-20(17-24(26)29)6-5-9-32-12-10-31(2)11-13-32/h3-4,7-8,16-17,19,21H,9-15,18H2,1-2H3/t19-,21-/m1/s1. The van der Waals surface area contributed by atoms with Crippen LogP contribution in [0, 0.1) is 29.5 Å². The average Bonchev–Trinajstić information content (AvgIpc) is 2.79. The number of anilines is 1. The van der Waals surface area contributed by atoms with E-state index in [0.29, 0.717) is 47.2 Å². The van der Waals surface area contributed by atoms with E-state index in [4.69, 9.17) is 23.2 Å². The van der Waals surface area contributed by atoms with E-state index in [1.54, 1.807) is 29.2 Å². The van der Waals surface area contributed by atoms with E-state index >= 15 is 0 Å². The third-order valence-electron chi connectivity index (χ3n) is 6.70. The van der Waals surface area contributed by atoms with Gasteiger partial charge in [0.1, 0.15) is 5.82 Å². The summed E-state index contributed by atoms with van der Waals surface area (Å²) in [5.74, 6) is 6.07. The maximum absolute atomic E-state index is 14.2. The van der Waals surface area contributed by atoms with E-state index in [2.05, 4.69) is 28.7 Å². The molecule has 0 saturated carbocycles. The van der Waals surface area contributed by atoms with Crippen molar-refractivity contribution < 1.29 is 9.18 Å². The number of likely N-dealkylation sites (N-methyl/N-ethyl adjacent to an activating group) is 1. The van der Waals surface area contributed by atoms with E-state index in [1.165, 1.54) is 6.07 Å². The van der Waals surface area contributed by atoms with Crippen molar-refractivity contribution in [3.8, 4) is 11.8 Å². The number of rotatable bonds is 4. The number of piperidine rings is 1. The maximum atomic E-state index is 14.2. The highest BCUT2D eigenvalue weighted by Crippen LogP contribution is 2.39. The first kappa shape index (κ1) is 25.0. The first-order valence-corrected chi connectivity index (χ1v) is 12.5. The second kappa shape index (κ2) is 11.1. The van der Waals surface area contributed by atoms with Crippen molar-refractivity contribution in [2.24, 2.45) is 11.8 Å². The molecular weight excluding hydrogens is 472 g/mol. The highest BCUT2D eigenvalue weighted by molar-refractivity contribution is 6.40. The number of carbonyl (C=O) groups excluding carboxylic acids is 1. The molecule has 2 aromatic rings. The van der Waals surface area contributed by atoms with Crippen LogP contribution in [-0.2, 0) is 11.2 Å². The van der Waals surface area contributed by atoms with Crippen LogP contribution >= 0.6 is 23.2 Å². The molecule has 2 heterocycles. The molecule has 0 unspecified atom stereocenters. The number of benzene rings is 2. The van der Waals surface area contributed by atoms with E-state index in [9.17, 15) is 9.18 Å². The summed E-state index contributed by atoms with van der Waals surface area (Å²) in [6.07, 6.45) is 1.26. The molecule has 1 amide bonds. The number of amides is 1. The summed E-state index contributed by atoms with van der Waals surface area (Å²) in [7, 11) is 2.13. The number of hydrogen-bond donors (Lipinski definition) is 0. The van der Waals surface area contributed by atoms with Gasteiger partial charge in [0.2, 0.25) is 5.91 Å². The molecule has 0 aliphatic carbocycles. The molecule has 34 heavy (non-hydrogen) atoms. The van der Waals surface area contributed by atoms with Crippen LogP contribution in [0.4, 0.5) is 10.1 Å². The lowest BCUT2D eigenvalue weighted by Crippen LogP contribution is -2.45. The Balaban J connectivity index is 1.49. The van der Waals surface area contributed by atoms with Crippen molar-refractivity contribution in [1.29, 1.82) is 0 Å². The molecule has 7 heteroatoms. The Morgan fingerprint density at radius 2 is 1.76 bits per heavy atom. The van der Waals surface area contributed by atoms with Gasteiger partial charge in [-0.3, -0.25) is 9.69 Å². The summed E-state index contributed by atoms with van der Waals surface area (Å²) < 4.78 is 14.2. The number of carbonyl (C=O) groups is 1. The fourth-order valence-corrected chi connectivity index (χ4v) is 5.46. The van der Waals surface area contributed by atoms with Crippen molar-refractivity contribution >= 4 is 34.8 Å². The summed E-state index contributed by atoms with van der Waals surface area (Å²) in [6, 6.07) is 10.4. The zero-order valence-electron chi connectivity index (χ0n) is 19.7. The molecule has 0 bridgehead atoms. The Hall–Kier alpha value is -2.10. The number of hydrogen-bond acceptors (Lipinski definition) is 3. The van der Waals surface area contributed by atoms with Gasteiger partial charge in [0.25, 0.3) is 0 Å². The minimum Gasteiger partial charge on any atom is -0.309 e. The highest BCUT2D eigenvalue weighted by Gasteiger charge is 2.34. The summed E-state index contributed by atoms with van der Waals surface area (Å²) in [5, 5.41) is 0.812. The fraction of sp³-hybridized carbons (Fsp3) is 0.444. The van der Waals surface area contributed by atoms with Crippen LogP contribution in [0.3, 0.4) is 0 Å². The van der Waals surface area contributed by atoms with Crippen LogP contribution in [0.15, 0.2) is 36.4 Å². The molecular formula is C27H30Cl2FN3O. The van der Waals surface area contributed by atoms with E-state index in [1.807, 2.05) is 13.0 Å². The minimum absolute atomic E-state index is 0.0116. The van der Waals surface area contributed by atoms with E-state index < -0.39 is 0 Å². The molecule has 0 spiro atoms. The lowest BCUT2D eigenvalue weighted by molar-refractivity contribution is -0.124. The molecule has 2 aromatic carbocycles. The van der Waals surface area contributed by atoms with Gasteiger partial charge in [-0.1, -0.05) is 60.2 Å². The van der Waals surface area contributed by atoms with E-state index in [-0.39, 0.29) is 23.6 Å². The molecule has 2 saturated heterocycles. The number of piperazine rings is 1. The highest BCUT2D eigenvalue weighted by atomic mass is 35.5. The van der Waals surface area contributed by atoms with Gasteiger partial charge in [0, 0.05) is 44.2 Å². The van der Waals surface area contributed by atoms with Gasteiger partial charge >= 0.3 is 0 Å². The summed E-state index contributed by atoms with van der Waals surface area (Å²) in [5.41, 5.74) is 1.91. The Morgan fingerprint density at radius 3 is 2.44 bits per heavy atom. The monoisotopic (exact) mass is 501 g/mol. The SMILES string of the molecule is C[C@@H]1C[C@H](Cc2ccccc2F)CN(c2c(Cl)cc(C#CCN3CCN(C)CC3)cc2Cl)C1=O. The predicted molar refractivity (Wildman–Crippen MR) is 137 cm³/mol. The Labute approximate surface area is 211 Å². The van der Waals surface area contributed by atoms with Gasteiger partial charge in [-0.2, -0.15) is 0 Å². The van der Waals surface area contributed by atoms with Crippen molar-refractivity contribution in [3.05, 3.63) is 63.4 Å². The minimum atomic E-state index is -0.214. The topological polar surface area (TPSA) is 26.8 Å². The molecule has 2 fully saturated rings.